The van der Waals surface area contributed by atoms with Crippen LogP contribution in [0.4, 0.5) is 11.6 Å². The van der Waals surface area contributed by atoms with Crippen LogP contribution >= 0.6 is 0 Å². The van der Waals surface area contributed by atoms with E-state index in [2.05, 4.69) is 41.0 Å². The first-order valence-corrected chi connectivity index (χ1v) is 7.10. The second-order valence-corrected chi connectivity index (χ2v) is 4.38. The normalized spacial score (nSPS) is 10.5. The van der Waals surface area contributed by atoms with Crippen LogP contribution in [0.5, 0.6) is 0 Å². The molecule has 5 nitrogen and oxygen atoms in total. The van der Waals surface area contributed by atoms with E-state index in [9.17, 15) is 0 Å². The molecular formula is C14H26N4O. The molecule has 0 aliphatic heterocycles. The summed E-state index contributed by atoms with van der Waals surface area (Å²) in [6, 6.07) is 2.02. The lowest BCUT2D eigenvalue weighted by molar-refractivity contribution is 0.205. The highest BCUT2D eigenvalue weighted by Gasteiger charge is 2.09. The summed E-state index contributed by atoms with van der Waals surface area (Å²) in [5.41, 5.74) is 0. The average Bonchev–Trinajstić information content (AvgIpc) is 2.40. The third-order valence-corrected chi connectivity index (χ3v) is 2.86. The third kappa shape index (κ3) is 5.03. The maximum absolute atomic E-state index is 5.15. The van der Waals surface area contributed by atoms with Crippen molar-refractivity contribution in [1.82, 2.24) is 9.97 Å². The summed E-state index contributed by atoms with van der Waals surface area (Å²) in [6.07, 6.45) is 1.97. The van der Waals surface area contributed by atoms with Crippen LogP contribution in [-0.2, 0) is 11.2 Å². The van der Waals surface area contributed by atoms with Crippen LogP contribution in [0.2, 0.25) is 0 Å². The van der Waals surface area contributed by atoms with Crippen molar-refractivity contribution in [3.8, 4) is 0 Å². The number of aromatic nitrogens is 2. The van der Waals surface area contributed by atoms with Crippen molar-refractivity contribution in [2.24, 2.45) is 0 Å². The number of ether oxygens (including phenoxy) is 1. The molecule has 0 aliphatic carbocycles. The highest BCUT2D eigenvalue weighted by molar-refractivity contribution is 5.49. The van der Waals surface area contributed by atoms with Gasteiger partial charge in [0, 0.05) is 39.2 Å². The number of hydrogen-bond donors (Lipinski definition) is 1. The Kier molecular flexibility index (Phi) is 7.18. The van der Waals surface area contributed by atoms with E-state index >= 15 is 0 Å². The minimum absolute atomic E-state index is 0.706. The molecule has 0 atom stereocenters. The van der Waals surface area contributed by atoms with Gasteiger partial charge < -0.3 is 15.0 Å². The van der Waals surface area contributed by atoms with E-state index in [1.54, 1.807) is 7.11 Å². The monoisotopic (exact) mass is 266 g/mol. The van der Waals surface area contributed by atoms with Crippen molar-refractivity contribution in [3.05, 3.63) is 11.9 Å². The van der Waals surface area contributed by atoms with Crippen LogP contribution in [0, 0.1) is 0 Å². The van der Waals surface area contributed by atoms with E-state index in [1.807, 2.05) is 6.07 Å². The number of methoxy groups -OCH3 is 1. The highest BCUT2D eigenvalue weighted by atomic mass is 16.5. The molecule has 0 spiro atoms. The van der Waals surface area contributed by atoms with Gasteiger partial charge in [0.2, 0.25) is 0 Å². The van der Waals surface area contributed by atoms with Crippen molar-refractivity contribution >= 4 is 11.6 Å². The van der Waals surface area contributed by atoms with E-state index in [0.29, 0.717) is 6.61 Å². The summed E-state index contributed by atoms with van der Waals surface area (Å²) in [5.74, 6) is 2.80. The Labute approximate surface area is 116 Å². The second-order valence-electron chi connectivity index (χ2n) is 4.38. The fourth-order valence-corrected chi connectivity index (χ4v) is 1.89. The molecule has 1 heterocycles. The quantitative estimate of drug-likeness (QED) is 0.743. The van der Waals surface area contributed by atoms with Gasteiger partial charge in [0.15, 0.2) is 0 Å². The molecule has 0 saturated carbocycles. The van der Waals surface area contributed by atoms with Gasteiger partial charge in [0.1, 0.15) is 17.5 Å². The molecule has 19 heavy (non-hydrogen) atoms. The fourth-order valence-electron chi connectivity index (χ4n) is 1.89. The van der Waals surface area contributed by atoms with Crippen molar-refractivity contribution < 1.29 is 4.74 Å². The molecule has 1 aromatic heterocycles. The average molecular weight is 266 g/mol. The zero-order chi connectivity index (χ0) is 14.1. The van der Waals surface area contributed by atoms with Crippen LogP contribution in [0.25, 0.3) is 0 Å². The first kappa shape index (κ1) is 15.7. The zero-order valence-corrected chi connectivity index (χ0v) is 12.6. The lowest BCUT2D eigenvalue weighted by Gasteiger charge is -2.22. The highest BCUT2D eigenvalue weighted by Crippen LogP contribution is 2.16. The van der Waals surface area contributed by atoms with Gasteiger partial charge in [-0.05, 0) is 20.3 Å². The minimum Gasteiger partial charge on any atom is -0.383 e. The van der Waals surface area contributed by atoms with Gasteiger partial charge in [-0.25, -0.2) is 9.97 Å². The van der Waals surface area contributed by atoms with Gasteiger partial charge in [-0.1, -0.05) is 6.92 Å². The summed E-state index contributed by atoms with van der Waals surface area (Å²) < 4.78 is 5.15. The van der Waals surface area contributed by atoms with Gasteiger partial charge in [0.25, 0.3) is 0 Å². The molecule has 1 rings (SSSR count). The lowest BCUT2D eigenvalue weighted by atomic mass is 10.3. The topological polar surface area (TPSA) is 50.3 Å². The zero-order valence-electron chi connectivity index (χ0n) is 12.6. The smallest absolute Gasteiger partial charge is 0.134 e. The van der Waals surface area contributed by atoms with E-state index in [1.165, 1.54) is 0 Å². The number of hydrogen-bond acceptors (Lipinski definition) is 5. The van der Waals surface area contributed by atoms with Crippen LogP contribution in [0.15, 0.2) is 6.07 Å². The van der Waals surface area contributed by atoms with Crippen molar-refractivity contribution in [2.75, 3.05) is 43.6 Å². The first-order valence-electron chi connectivity index (χ1n) is 7.10. The third-order valence-electron chi connectivity index (χ3n) is 2.86. The number of likely N-dealkylation sites (N-methyl/N-ethyl adjacent to an activating group) is 1. The Balaban J connectivity index is 2.94. The van der Waals surface area contributed by atoms with Crippen molar-refractivity contribution in [1.29, 1.82) is 0 Å². The molecule has 0 aromatic carbocycles. The Hall–Kier alpha value is -1.36. The first-order chi connectivity index (χ1) is 9.24. The van der Waals surface area contributed by atoms with Gasteiger partial charge in [-0.2, -0.15) is 0 Å². The molecule has 0 saturated heterocycles. The van der Waals surface area contributed by atoms with Crippen LogP contribution in [-0.4, -0.2) is 43.3 Å². The molecule has 0 fully saturated rings. The lowest BCUT2D eigenvalue weighted by Crippen LogP contribution is -2.28. The summed E-state index contributed by atoms with van der Waals surface area (Å²) in [7, 11) is 1.72. The maximum Gasteiger partial charge on any atom is 0.134 e. The molecule has 0 aliphatic rings. The van der Waals surface area contributed by atoms with E-state index < -0.39 is 0 Å². The fraction of sp³-hybridized carbons (Fsp3) is 0.714. The van der Waals surface area contributed by atoms with Crippen molar-refractivity contribution in [2.45, 2.75) is 33.6 Å². The molecule has 1 aromatic rings. The second kappa shape index (κ2) is 8.69. The molecule has 108 valence electrons. The van der Waals surface area contributed by atoms with Gasteiger partial charge in [-0.15, -0.1) is 0 Å². The number of nitrogens with one attached hydrogen (secondary N) is 1. The summed E-state index contributed by atoms with van der Waals surface area (Å²) in [6.45, 7) is 9.68. The maximum atomic E-state index is 5.15. The molecule has 1 N–H and O–H groups in total. The molecule has 5 heteroatoms. The Morgan fingerprint density at radius 1 is 1.26 bits per heavy atom. The predicted octanol–water partition coefficient (Wildman–Crippen LogP) is 2.33. The minimum atomic E-state index is 0.706. The molecule has 0 unspecified atom stereocenters. The standard InChI is InChI=1S/C14H26N4O/c1-5-8-12-16-13(15-6-2)11-14(17-12)18(7-3)9-10-19-4/h11H,5-10H2,1-4H3,(H,15,16,17). The van der Waals surface area contributed by atoms with Crippen LogP contribution in [0.3, 0.4) is 0 Å². The van der Waals surface area contributed by atoms with Gasteiger partial charge in [-0.3, -0.25) is 0 Å². The molecular weight excluding hydrogens is 240 g/mol. The number of aryl methyl sites for hydroxylation is 1. The number of nitrogens with zero attached hydrogens (tertiary/aromatic N) is 3. The van der Waals surface area contributed by atoms with Crippen molar-refractivity contribution in [3.63, 3.8) is 0 Å². The molecule has 0 radical (unpaired) electrons. The van der Waals surface area contributed by atoms with E-state index in [0.717, 1.165) is 49.9 Å². The molecule has 0 amide bonds. The Morgan fingerprint density at radius 3 is 2.63 bits per heavy atom. The number of rotatable bonds is 9. The van der Waals surface area contributed by atoms with Gasteiger partial charge in [0.05, 0.1) is 6.61 Å². The SMILES string of the molecule is CCCc1nc(NCC)cc(N(CC)CCOC)n1. The summed E-state index contributed by atoms with van der Waals surface area (Å²) in [5, 5.41) is 3.27. The van der Waals surface area contributed by atoms with Crippen LogP contribution < -0.4 is 10.2 Å². The predicted molar refractivity (Wildman–Crippen MR) is 80.0 cm³/mol. The van der Waals surface area contributed by atoms with Gasteiger partial charge >= 0.3 is 0 Å². The summed E-state index contributed by atoms with van der Waals surface area (Å²) in [4.78, 5) is 11.4. The van der Waals surface area contributed by atoms with E-state index in [-0.39, 0.29) is 0 Å². The Bertz CT molecular complexity index is 346. The van der Waals surface area contributed by atoms with Crippen LogP contribution in [0.1, 0.15) is 33.0 Å². The largest absolute Gasteiger partial charge is 0.383 e. The molecule has 0 bridgehead atoms. The Morgan fingerprint density at radius 2 is 2.05 bits per heavy atom. The summed E-state index contributed by atoms with van der Waals surface area (Å²) >= 11 is 0. The number of anilines is 2. The van der Waals surface area contributed by atoms with E-state index in [4.69, 9.17) is 4.74 Å².